The first-order valence-corrected chi connectivity index (χ1v) is 6.89. The second kappa shape index (κ2) is 6.49. The molecule has 1 N–H and O–H groups in total. The van der Waals surface area contributed by atoms with Gasteiger partial charge in [-0.3, -0.25) is 4.79 Å². The molecule has 20 heavy (non-hydrogen) atoms. The molecule has 0 aliphatic carbocycles. The van der Waals surface area contributed by atoms with Crippen molar-refractivity contribution in [3.05, 3.63) is 45.4 Å². The quantitative estimate of drug-likeness (QED) is 0.696. The van der Waals surface area contributed by atoms with E-state index in [4.69, 9.17) is 16.3 Å². The van der Waals surface area contributed by atoms with E-state index in [2.05, 4.69) is 10.3 Å². The SMILES string of the molecule is Cc1ccc(C(=O)OCC(=O)Nc2cccnc2Cl)s1. The number of amides is 1. The van der Waals surface area contributed by atoms with E-state index in [1.165, 1.54) is 17.5 Å². The molecule has 2 aromatic heterocycles. The maximum absolute atomic E-state index is 11.7. The van der Waals surface area contributed by atoms with Crippen LogP contribution in [0.1, 0.15) is 14.5 Å². The zero-order valence-electron chi connectivity index (χ0n) is 10.6. The second-order valence-corrected chi connectivity index (χ2v) is 5.52. The van der Waals surface area contributed by atoms with Crippen LogP contribution in [0.5, 0.6) is 0 Å². The van der Waals surface area contributed by atoms with Gasteiger partial charge >= 0.3 is 5.97 Å². The number of hydrogen-bond acceptors (Lipinski definition) is 5. The number of halogens is 1. The van der Waals surface area contributed by atoms with Crippen LogP contribution in [0, 0.1) is 6.92 Å². The highest BCUT2D eigenvalue weighted by molar-refractivity contribution is 7.13. The number of nitrogens with one attached hydrogen (secondary N) is 1. The summed E-state index contributed by atoms with van der Waals surface area (Å²) >= 11 is 7.11. The highest BCUT2D eigenvalue weighted by Crippen LogP contribution is 2.18. The predicted molar refractivity (Wildman–Crippen MR) is 77.2 cm³/mol. The second-order valence-electron chi connectivity index (χ2n) is 3.88. The zero-order valence-corrected chi connectivity index (χ0v) is 12.1. The summed E-state index contributed by atoms with van der Waals surface area (Å²) in [6.07, 6.45) is 1.51. The Balaban J connectivity index is 1.87. The number of esters is 1. The number of aromatic nitrogens is 1. The molecule has 0 saturated carbocycles. The zero-order chi connectivity index (χ0) is 14.5. The molecule has 0 radical (unpaired) electrons. The van der Waals surface area contributed by atoms with Crippen molar-refractivity contribution in [3.63, 3.8) is 0 Å². The minimum atomic E-state index is -0.518. The first-order chi connectivity index (χ1) is 9.56. The van der Waals surface area contributed by atoms with E-state index >= 15 is 0 Å². The molecule has 0 saturated heterocycles. The Bertz CT molecular complexity index is 642. The highest BCUT2D eigenvalue weighted by Gasteiger charge is 2.12. The monoisotopic (exact) mass is 310 g/mol. The van der Waals surface area contributed by atoms with Crippen LogP contribution < -0.4 is 5.32 Å². The largest absolute Gasteiger partial charge is 0.451 e. The fourth-order valence-electron chi connectivity index (χ4n) is 1.41. The minimum Gasteiger partial charge on any atom is -0.451 e. The highest BCUT2D eigenvalue weighted by atomic mass is 35.5. The van der Waals surface area contributed by atoms with Crippen LogP contribution >= 0.6 is 22.9 Å². The fraction of sp³-hybridized carbons (Fsp3) is 0.154. The molecule has 0 bridgehead atoms. The summed E-state index contributed by atoms with van der Waals surface area (Å²) in [7, 11) is 0. The average Bonchev–Trinajstić information content (AvgIpc) is 2.85. The molecule has 0 atom stereocenters. The molecule has 104 valence electrons. The van der Waals surface area contributed by atoms with Crippen molar-refractivity contribution in [1.82, 2.24) is 4.98 Å². The number of nitrogens with zero attached hydrogens (tertiary/aromatic N) is 1. The van der Waals surface area contributed by atoms with Crippen LogP contribution in [-0.2, 0) is 9.53 Å². The molecule has 0 aromatic carbocycles. The van der Waals surface area contributed by atoms with Crippen LogP contribution in [0.4, 0.5) is 5.69 Å². The van der Waals surface area contributed by atoms with Crippen molar-refractivity contribution in [2.75, 3.05) is 11.9 Å². The van der Waals surface area contributed by atoms with Gasteiger partial charge in [-0.1, -0.05) is 11.6 Å². The number of pyridine rings is 1. The lowest BCUT2D eigenvalue weighted by molar-refractivity contribution is -0.119. The lowest BCUT2D eigenvalue weighted by Gasteiger charge is -2.06. The molecule has 1 amide bonds. The molecule has 5 nitrogen and oxygen atoms in total. The van der Waals surface area contributed by atoms with Gasteiger partial charge in [0.2, 0.25) is 0 Å². The summed E-state index contributed by atoms with van der Waals surface area (Å²) in [5.74, 6) is -0.989. The number of aryl methyl sites for hydroxylation is 1. The molecule has 2 aromatic rings. The van der Waals surface area contributed by atoms with E-state index in [9.17, 15) is 9.59 Å². The average molecular weight is 311 g/mol. The number of rotatable bonds is 4. The van der Waals surface area contributed by atoms with Gasteiger partial charge in [-0.25, -0.2) is 9.78 Å². The molecule has 0 spiro atoms. The van der Waals surface area contributed by atoms with Crippen molar-refractivity contribution < 1.29 is 14.3 Å². The third kappa shape index (κ3) is 3.79. The van der Waals surface area contributed by atoms with Crippen molar-refractivity contribution in [3.8, 4) is 0 Å². The lowest BCUT2D eigenvalue weighted by atomic mass is 10.4. The van der Waals surface area contributed by atoms with Crippen LogP contribution in [0.3, 0.4) is 0 Å². The number of thiophene rings is 1. The molecule has 0 unspecified atom stereocenters. The van der Waals surface area contributed by atoms with E-state index < -0.39 is 11.9 Å². The van der Waals surface area contributed by atoms with Gasteiger partial charge in [0.05, 0.1) is 5.69 Å². The van der Waals surface area contributed by atoms with Gasteiger partial charge in [-0.15, -0.1) is 11.3 Å². The number of hydrogen-bond donors (Lipinski definition) is 1. The van der Waals surface area contributed by atoms with E-state index in [1.54, 1.807) is 18.2 Å². The third-order valence-corrected chi connectivity index (χ3v) is 3.59. The normalized spacial score (nSPS) is 10.1. The van der Waals surface area contributed by atoms with Gasteiger partial charge in [0, 0.05) is 11.1 Å². The third-order valence-electron chi connectivity index (χ3n) is 2.31. The van der Waals surface area contributed by atoms with Crippen LogP contribution in [0.2, 0.25) is 5.15 Å². The Morgan fingerprint density at radius 1 is 1.40 bits per heavy atom. The Kier molecular flexibility index (Phi) is 4.70. The van der Waals surface area contributed by atoms with E-state index in [-0.39, 0.29) is 11.8 Å². The van der Waals surface area contributed by atoms with Crippen molar-refractivity contribution in [2.45, 2.75) is 6.92 Å². The molecule has 0 aliphatic heterocycles. The topological polar surface area (TPSA) is 68.3 Å². The first-order valence-electron chi connectivity index (χ1n) is 5.70. The van der Waals surface area contributed by atoms with Crippen LogP contribution in [0.25, 0.3) is 0 Å². The van der Waals surface area contributed by atoms with Gasteiger partial charge in [0.15, 0.2) is 11.8 Å². The minimum absolute atomic E-state index is 0.182. The Morgan fingerprint density at radius 2 is 2.20 bits per heavy atom. The molecular formula is C13H11ClN2O3S. The standard InChI is InChI=1S/C13H11ClN2O3S/c1-8-4-5-10(20-8)13(18)19-7-11(17)16-9-3-2-6-15-12(9)14/h2-6H,7H2,1H3,(H,16,17). The number of anilines is 1. The molecule has 7 heteroatoms. The van der Waals surface area contributed by atoms with Gasteiger partial charge in [0.25, 0.3) is 5.91 Å². The molecule has 0 aliphatic rings. The van der Waals surface area contributed by atoms with Crippen molar-refractivity contribution in [2.24, 2.45) is 0 Å². The van der Waals surface area contributed by atoms with E-state index in [0.717, 1.165) is 4.88 Å². The van der Waals surface area contributed by atoms with Gasteiger partial charge < -0.3 is 10.1 Å². The van der Waals surface area contributed by atoms with E-state index in [0.29, 0.717) is 10.6 Å². The number of carbonyl (C=O) groups excluding carboxylic acids is 2. The Morgan fingerprint density at radius 3 is 2.85 bits per heavy atom. The summed E-state index contributed by atoms with van der Waals surface area (Å²) in [5, 5.41) is 2.70. The van der Waals surface area contributed by atoms with Gasteiger partial charge in [0.1, 0.15) is 4.88 Å². The van der Waals surface area contributed by atoms with Gasteiger partial charge in [-0.05, 0) is 31.2 Å². The summed E-state index contributed by atoms with van der Waals surface area (Å²) in [5.41, 5.74) is 0.377. The maximum Gasteiger partial charge on any atom is 0.348 e. The van der Waals surface area contributed by atoms with Crippen LogP contribution in [0.15, 0.2) is 30.5 Å². The predicted octanol–water partition coefficient (Wildman–Crippen LogP) is 2.90. The maximum atomic E-state index is 11.7. The molecule has 2 rings (SSSR count). The molecular weight excluding hydrogens is 300 g/mol. The summed E-state index contributed by atoms with van der Waals surface area (Å²) < 4.78 is 4.91. The summed E-state index contributed by atoms with van der Waals surface area (Å²) in [6, 6.07) is 6.73. The summed E-state index contributed by atoms with van der Waals surface area (Å²) in [6.45, 7) is 1.51. The molecule has 0 fully saturated rings. The Labute approximate surface area is 124 Å². The summed E-state index contributed by atoms with van der Waals surface area (Å²) in [4.78, 5) is 28.6. The lowest BCUT2D eigenvalue weighted by Crippen LogP contribution is -2.20. The molecule has 2 heterocycles. The number of carbonyl (C=O) groups is 2. The smallest absolute Gasteiger partial charge is 0.348 e. The van der Waals surface area contributed by atoms with Crippen molar-refractivity contribution >= 4 is 40.5 Å². The Hall–Kier alpha value is -1.92. The fourth-order valence-corrected chi connectivity index (χ4v) is 2.34. The number of ether oxygens (including phenoxy) is 1. The first kappa shape index (κ1) is 14.5. The van der Waals surface area contributed by atoms with Crippen molar-refractivity contribution in [1.29, 1.82) is 0 Å². The van der Waals surface area contributed by atoms with E-state index in [1.807, 2.05) is 13.0 Å². The van der Waals surface area contributed by atoms with Crippen LogP contribution in [-0.4, -0.2) is 23.5 Å². The van der Waals surface area contributed by atoms with Gasteiger partial charge in [-0.2, -0.15) is 0 Å².